The van der Waals surface area contributed by atoms with Crippen LogP contribution in [0.3, 0.4) is 0 Å². The summed E-state index contributed by atoms with van der Waals surface area (Å²) in [6.45, 7) is 3.38. The van der Waals surface area contributed by atoms with Gasteiger partial charge in [0.25, 0.3) is 5.91 Å². The van der Waals surface area contributed by atoms with E-state index >= 15 is 0 Å². The van der Waals surface area contributed by atoms with Crippen LogP contribution in [0.25, 0.3) is 0 Å². The number of halogens is 1. The minimum absolute atomic E-state index is 0.0252. The van der Waals surface area contributed by atoms with Crippen LogP contribution >= 0.6 is 23.4 Å². The summed E-state index contributed by atoms with van der Waals surface area (Å²) in [6.07, 6.45) is 4.14. The van der Waals surface area contributed by atoms with E-state index in [4.69, 9.17) is 11.6 Å². The van der Waals surface area contributed by atoms with Crippen molar-refractivity contribution in [3.63, 3.8) is 0 Å². The molecule has 0 spiro atoms. The van der Waals surface area contributed by atoms with Gasteiger partial charge in [0.15, 0.2) is 0 Å². The van der Waals surface area contributed by atoms with Crippen LogP contribution < -0.4 is 5.32 Å². The Balaban J connectivity index is 1.36. The van der Waals surface area contributed by atoms with Crippen molar-refractivity contribution in [3.8, 4) is 0 Å². The number of hydrogen-bond acceptors (Lipinski definition) is 4. The smallest absolute Gasteiger partial charge is 0.251 e. The largest absolute Gasteiger partial charge is 0.348 e. The quantitative estimate of drug-likeness (QED) is 0.830. The first-order valence-electron chi connectivity index (χ1n) is 8.58. The molecule has 2 aromatic rings. The molecule has 1 aromatic heterocycles. The molecule has 1 unspecified atom stereocenters. The molecule has 4 rings (SSSR count). The predicted molar refractivity (Wildman–Crippen MR) is 100 cm³/mol. The molecule has 2 fully saturated rings. The number of piperidine rings is 1. The van der Waals surface area contributed by atoms with Crippen LogP contribution in [-0.2, 0) is 0 Å². The van der Waals surface area contributed by atoms with E-state index in [1.165, 1.54) is 19.5 Å². The maximum Gasteiger partial charge on any atom is 0.251 e. The molecule has 3 atom stereocenters. The normalized spacial score (nSPS) is 24.9. The second kappa shape index (κ2) is 7.36. The van der Waals surface area contributed by atoms with Gasteiger partial charge in [-0.15, -0.1) is 0 Å². The summed E-state index contributed by atoms with van der Waals surface area (Å²) in [7, 11) is 0. The highest BCUT2D eigenvalue weighted by molar-refractivity contribution is 7.99. The van der Waals surface area contributed by atoms with Crippen molar-refractivity contribution >= 4 is 29.3 Å². The molecule has 3 heterocycles. The highest BCUT2D eigenvalue weighted by Crippen LogP contribution is 2.28. The first kappa shape index (κ1) is 16.9. The zero-order valence-corrected chi connectivity index (χ0v) is 15.4. The maximum atomic E-state index is 12.5. The maximum absolute atomic E-state index is 12.5. The molecule has 1 aromatic carbocycles. The average Bonchev–Trinajstić information content (AvgIpc) is 2.96. The van der Waals surface area contributed by atoms with Crippen LogP contribution in [-0.4, -0.2) is 41.5 Å². The number of rotatable bonds is 4. The standard InChI is InChI=1S/C19H20ClN3OS/c20-18-6-5-17(10-21-18)25-16-3-1-14(2-4-16)19(24)22-15-9-13-7-8-23(11-13)12-15/h1-6,10,13,15H,7-9,11-12H2,(H,22,24)/t13-,15+/m0/s1. The fourth-order valence-corrected chi connectivity index (χ4v) is 4.56. The Morgan fingerprint density at radius 1 is 1.16 bits per heavy atom. The van der Waals surface area contributed by atoms with Crippen molar-refractivity contribution in [2.75, 3.05) is 19.6 Å². The molecule has 0 aliphatic carbocycles. The number of pyridine rings is 1. The third-order valence-electron chi connectivity index (χ3n) is 4.85. The van der Waals surface area contributed by atoms with Crippen molar-refractivity contribution in [3.05, 3.63) is 53.3 Å². The minimum Gasteiger partial charge on any atom is -0.348 e. The average molecular weight is 374 g/mol. The highest BCUT2D eigenvalue weighted by atomic mass is 35.5. The van der Waals surface area contributed by atoms with E-state index in [-0.39, 0.29) is 11.9 Å². The second-order valence-electron chi connectivity index (χ2n) is 6.76. The van der Waals surface area contributed by atoms with Crippen molar-refractivity contribution in [1.82, 2.24) is 15.2 Å². The van der Waals surface area contributed by atoms with E-state index in [2.05, 4.69) is 15.2 Å². The number of hydrogen-bond donors (Lipinski definition) is 1. The van der Waals surface area contributed by atoms with Gasteiger partial charge in [0.1, 0.15) is 5.15 Å². The van der Waals surface area contributed by atoms with Crippen LogP contribution in [0.15, 0.2) is 52.4 Å². The van der Waals surface area contributed by atoms with Gasteiger partial charge in [-0.1, -0.05) is 23.4 Å². The summed E-state index contributed by atoms with van der Waals surface area (Å²) in [5, 5.41) is 3.69. The fourth-order valence-electron chi connectivity index (χ4n) is 3.67. The molecule has 2 aliphatic rings. The van der Waals surface area contributed by atoms with Gasteiger partial charge in [0.05, 0.1) is 0 Å². The summed E-state index contributed by atoms with van der Waals surface area (Å²) >= 11 is 7.41. The number of amides is 1. The molecule has 2 saturated heterocycles. The second-order valence-corrected chi connectivity index (χ2v) is 8.30. The van der Waals surface area contributed by atoms with Crippen LogP contribution in [0.1, 0.15) is 23.2 Å². The lowest BCUT2D eigenvalue weighted by Gasteiger charge is -2.30. The first-order chi connectivity index (χ1) is 12.2. The van der Waals surface area contributed by atoms with Crippen molar-refractivity contribution < 1.29 is 4.79 Å². The summed E-state index contributed by atoms with van der Waals surface area (Å²) < 4.78 is 0. The molecule has 4 nitrogen and oxygen atoms in total. The van der Waals surface area contributed by atoms with Gasteiger partial charge in [-0.05, 0) is 61.7 Å². The number of nitrogens with one attached hydrogen (secondary N) is 1. The zero-order chi connectivity index (χ0) is 17.2. The van der Waals surface area contributed by atoms with Crippen molar-refractivity contribution in [2.45, 2.75) is 28.7 Å². The molecule has 0 saturated carbocycles. The van der Waals surface area contributed by atoms with Gasteiger partial charge in [-0.25, -0.2) is 4.98 Å². The fraction of sp³-hybridized carbons (Fsp3) is 0.368. The highest BCUT2D eigenvalue weighted by Gasteiger charge is 2.32. The number of carbonyl (C=O) groups is 1. The van der Waals surface area contributed by atoms with E-state index < -0.39 is 0 Å². The molecular formula is C19H20ClN3OS. The Hall–Kier alpha value is -1.56. The van der Waals surface area contributed by atoms with E-state index in [9.17, 15) is 4.79 Å². The van der Waals surface area contributed by atoms with Gasteiger partial charge in [-0.2, -0.15) is 0 Å². The van der Waals surface area contributed by atoms with Crippen LogP contribution in [0.4, 0.5) is 0 Å². The Morgan fingerprint density at radius 3 is 2.68 bits per heavy atom. The van der Waals surface area contributed by atoms with Crippen LogP contribution in [0.5, 0.6) is 0 Å². The monoisotopic (exact) mass is 373 g/mol. The van der Waals surface area contributed by atoms with Gasteiger partial charge < -0.3 is 10.2 Å². The summed E-state index contributed by atoms with van der Waals surface area (Å²) in [6, 6.07) is 11.7. The molecular weight excluding hydrogens is 354 g/mol. The third-order valence-corrected chi connectivity index (χ3v) is 6.06. The Morgan fingerprint density at radius 2 is 1.96 bits per heavy atom. The lowest BCUT2D eigenvalue weighted by Crippen LogP contribution is -2.47. The number of benzene rings is 1. The zero-order valence-electron chi connectivity index (χ0n) is 13.8. The molecule has 25 heavy (non-hydrogen) atoms. The van der Waals surface area contributed by atoms with Gasteiger partial charge in [-0.3, -0.25) is 4.79 Å². The lowest BCUT2D eigenvalue weighted by atomic mass is 9.96. The topological polar surface area (TPSA) is 45.2 Å². The molecule has 2 aliphatic heterocycles. The van der Waals surface area contributed by atoms with E-state index in [0.717, 1.165) is 28.7 Å². The molecule has 130 valence electrons. The number of fused-ring (bicyclic) bond motifs is 2. The van der Waals surface area contributed by atoms with E-state index in [1.54, 1.807) is 24.0 Å². The SMILES string of the molecule is O=C(N[C@@H]1C[C@@H]2CCN(C2)C1)c1ccc(Sc2ccc(Cl)nc2)cc1. The summed E-state index contributed by atoms with van der Waals surface area (Å²) in [5.74, 6) is 0.781. The Labute approximate surface area is 157 Å². The first-order valence-corrected chi connectivity index (χ1v) is 9.78. The summed E-state index contributed by atoms with van der Waals surface area (Å²) in [5.41, 5.74) is 0.714. The van der Waals surface area contributed by atoms with Gasteiger partial charge in [0, 0.05) is 40.7 Å². The lowest BCUT2D eigenvalue weighted by molar-refractivity contribution is 0.0909. The summed E-state index contributed by atoms with van der Waals surface area (Å²) in [4.78, 5) is 21.1. The van der Waals surface area contributed by atoms with E-state index in [0.29, 0.717) is 10.7 Å². The van der Waals surface area contributed by atoms with Crippen LogP contribution in [0.2, 0.25) is 5.15 Å². The number of aromatic nitrogens is 1. The molecule has 1 amide bonds. The van der Waals surface area contributed by atoms with Crippen molar-refractivity contribution in [2.24, 2.45) is 5.92 Å². The number of nitrogens with zero attached hydrogens (tertiary/aromatic N) is 2. The van der Waals surface area contributed by atoms with Gasteiger partial charge in [0.2, 0.25) is 0 Å². The predicted octanol–water partition coefficient (Wildman–Crippen LogP) is 3.71. The molecule has 2 bridgehead atoms. The number of carbonyl (C=O) groups excluding carboxylic acids is 1. The Bertz CT molecular complexity index is 738. The molecule has 1 N–H and O–H groups in total. The molecule has 0 radical (unpaired) electrons. The third kappa shape index (κ3) is 4.17. The van der Waals surface area contributed by atoms with Crippen LogP contribution in [0, 0.1) is 5.92 Å². The minimum atomic E-state index is 0.0252. The van der Waals surface area contributed by atoms with Gasteiger partial charge >= 0.3 is 0 Å². The molecule has 6 heteroatoms. The van der Waals surface area contributed by atoms with E-state index in [1.807, 2.05) is 30.3 Å². The van der Waals surface area contributed by atoms with Crippen molar-refractivity contribution in [1.29, 1.82) is 0 Å². The Kier molecular flexibility index (Phi) is 4.97.